The van der Waals surface area contributed by atoms with Gasteiger partial charge in [-0.25, -0.2) is 0 Å². The van der Waals surface area contributed by atoms with Gasteiger partial charge >= 0.3 is 5.97 Å². The van der Waals surface area contributed by atoms with Crippen LogP contribution in [0.25, 0.3) is 0 Å². The van der Waals surface area contributed by atoms with Crippen LogP contribution in [0.1, 0.15) is 34.1 Å². The molecule has 1 rings (SSSR count). The van der Waals surface area contributed by atoms with Crippen molar-refractivity contribution in [2.75, 3.05) is 0 Å². The molecular formula is C9H17NO3S. The van der Waals surface area contributed by atoms with Crippen molar-refractivity contribution in [3.8, 4) is 0 Å². The van der Waals surface area contributed by atoms with E-state index in [2.05, 4.69) is 0 Å². The van der Waals surface area contributed by atoms with E-state index in [9.17, 15) is 9.35 Å². The van der Waals surface area contributed by atoms with E-state index in [-0.39, 0.29) is 10.8 Å². The van der Waals surface area contributed by atoms with Crippen molar-refractivity contribution in [3.63, 3.8) is 0 Å². The predicted molar refractivity (Wildman–Crippen MR) is 55.2 cm³/mol. The van der Waals surface area contributed by atoms with E-state index >= 15 is 0 Å². The molecule has 5 heteroatoms. The Labute approximate surface area is 87.6 Å². The summed E-state index contributed by atoms with van der Waals surface area (Å²) in [4.78, 5) is 10.8. The summed E-state index contributed by atoms with van der Waals surface area (Å²) in [5.74, 6) is -0.866. The summed E-state index contributed by atoms with van der Waals surface area (Å²) in [7, 11) is 0. The lowest BCUT2D eigenvalue weighted by molar-refractivity contribution is -0.137. The molecule has 1 saturated heterocycles. The van der Waals surface area contributed by atoms with Crippen LogP contribution in [0.15, 0.2) is 0 Å². The molecule has 1 heterocycles. The van der Waals surface area contributed by atoms with Gasteiger partial charge in [0.2, 0.25) is 0 Å². The van der Waals surface area contributed by atoms with Crippen molar-refractivity contribution in [1.29, 1.82) is 0 Å². The molecular weight excluding hydrogens is 202 g/mol. The molecule has 0 saturated carbocycles. The van der Waals surface area contributed by atoms with Gasteiger partial charge in [0.1, 0.15) is 4.75 Å². The first kappa shape index (κ1) is 11.8. The van der Waals surface area contributed by atoms with Crippen LogP contribution in [0, 0.1) is 0 Å². The van der Waals surface area contributed by atoms with E-state index in [4.69, 9.17) is 5.11 Å². The van der Waals surface area contributed by atoms with E-state index in [1.54, 1.807) is 4.31 Å². The molecule has 4 nitrogen and oxygen atoms in total. The Morgan fingerprint density at radius 3 is 2.29 bits per heavy atom. The third-order valence-corrected chi connectivity index (χ3v) is 4.19. The average molecular weight is 219 g/mol. The smallest absolute Gasteiger partial charge is 0.327 e. The van der Waals surface area contributed by atoms with Gasteiger partial charge in [-0.15, -0.1) is 4.31 Å². The number of carboxylic acid groups (broad SMARTS) is 1. The fourth-order valence-corrected chi connectivity index (χ4v) is 3.00. The van der Waals surface area contributed by atoms with Crippen molar-refractivity contribution in [2.45, 2.75) is 50.9 Å². The van der Waals surface area contributed by atoms with Crippen molar-refractivity contribution in [1.82, 2.24) is 4.31 Å². The minimum absolute atomic E-state index is 0.0486. The van der Waals surface area contributed by atoms with Gasteiger partial charge < -0.3 is 9.66 Å². The first-order valence-corrected chi connectivity index (χ1v) is 5.84. The van der Waals surface area contributed by atoms with Crippen molar-refractivity contribution in [3.05, 3.63) is 0 Å². The highest BCUT2D eigenvalue weighted by Gasteiger charge is 2.62. The van der Waals surface area contributed by atoms with E-state index in [1.165, 1.54) is 0 Å². The molecule has 1 aliphatic rings. The predicted octanol–water partition coefficient (Wildman–Crippen LogP) is 0.996. The molecule has 2 unspecified atom stereocenters. The fourth-order valence-electron chi connectivity index (χ4n) is 1.48. The van der Waals surface area contributed by atoms with E-state index in [0.717, 1.165) is 6.42 Å². The van der Waals surface area contributed by atoms with Gasteiger partial charge in [0, 0.05) is 11.4 Å². The Balaban J connectivity index is 2.68. The molecule has 0 bridgehead atoms. The summed E-state index contributed by atoms with van der Waals surface area (Å²) >= 11 is -1.21. The van der Waals surface area contributed by atoms with Crippen LogP contribution in [0.4, 0.5) is 0 Å². The zero-order valence-corrected chi connectivity index (χ0v) is 9.80. The fraction of sp³-hybridized carbons (Fsp3) is 0.889. The Morgan fingerprint density at radius 1 is 1.57 bits per heavy atom. The van der Waals surface area contributed by atoms with Crippen LogP contribution < -0.4 is 0 Å². The molecule has 82 valence electrons. The molecule has 0 aromatic rings. The molecule has 0 radical (unpaired) electrons. The second-order valence-corrected chi connectivity index (χ2v) is 6.62. The molecule has 0 amide bonds. The van der Waals surface area contributed by atoms with Gasteiger partial charge in [0.15, 0.2) is 6.04 Å². The van der Waals surface area contributed by atoms with Crippen LogP contribution in [0.5, 0.6) is 0 Å². The molecule has 1 N–H and O–H groups in total. The minimum atomic E-state index is -1.21. The zero-order chi connectivity index (χ0) is 11.1. The Bertz CT molecular complexity index is 239. The summed E-state index contributed by atoms with van der Waals surface area (Å²) in [6.45, 7) is 7.48. The van der Waals surface area contributed by atoms with E-state index in [1.807, 2.05) is 27.7 Å². The monoisotopic (exact) mass is 219 g/mol. The zero-order valence-electron chi connectivity index (χ0n) is 8.98. The third kappa shape index (κ3) is 2.04. The van der Waals surface area contributed by atoms with Gasteiger partial charge in [0.25, 0.3) is 0 Å². The van der Waals surface area contributed by atoms with Crippen LogP contribution >= 0.6 is 0 Å². The van der Waals surface area contributed by atoms with Gasteiger partial charge in [-0.2, -0.15) is 0 Å². The first-order chi connectivity index (χ1) is 6.30. The van der Waals surface area contributed by atoms with Crippen LogP contribution in [-0.4, -0.2) is 36.8 Å². The lowest BCUT2D eigenvalue weighted by atomic mass is 10.3. The van der Waals surface area contributed by atoms with E-state index < -0.39 is 23.4 Å². The molecule has 0 aromatic carbocycles. The lowest BCUT2D eigenvalue weighted by Gasteiger charge is -2.24. The number of nitrogens with zero attached hydrogens (tertiary/aromatic N) is 1. The highest BCUT2D eigenvalue weighted by atomic mass is 32.2. The standard InChI is InChI=1S/C9H17NO3S/c1-5-6-7(8(11)12)10(6)14(13)9(2,3)4/h6-7H,5H2,1-4H3,(H,11,12)/t6-,7-,10?,14?/m0/s1. The van der Waals surface area contributed by atoms with Gasteiger partial charge in [-0.3, -0.25) is 4.79 Å². The first-order valence-electron chi connectivity index (χ1n) is 4.73. The second-order valence-electron chi connectivity index (χ2n) is 4.48. The summed E-state index contributed by atoms with van der Waals surface area (Å²) in [5.41, 5.74) is 0. The van der Waals surface area contributed by atoms with Crippen LogP contribution in [-0.2, 0) is 16.2 Å². The maximum atomic E-state index is 11.9. The molecule has 1 aliphatic heterocycles. The summed E-state index contributed by atoms with van der Waals surface area (Å²) in [6.07, 6.45) is 0.735. The van der Waals surface area contributed by atoms with Crippen molar-refractivity contribution < 1.29 is 14.5 Å². The number of rotatable bonds is 3. The summed E-state index contributed by atoms with van der Waals surface area (Å²) < 4.78 is 13.1. The maximum absolute atomic E-state index is 11.9. The SMILES string of the molecule is CC[C@H]1[C@@H](C(=O)O)N1[S+]([O-])C(C)(C)C. The van der Waals surface area contributed by atoms with Crippen molar-refractivity contribution in [2.24, 2.45) is 0 Å². The largest absolute Gasteiger partial charge is 0.597 e. The molecule has 14 heavy (non-hydrogen) atoms. The number of aliphatic carboxylic acids is 1. The Hall–Kier alpha value is -0.260. The van der Waals surface area contributed by atoms with Crippen molar-refractivity contribution >= 4 is 17.3 Å². The number of hydrogen-bond donors (Lipinski definition) is 1. The lowest BCUT2D eigenvalue weighted by Crippen LogP contribution is -2.35. The topological polar surface area (TPSA) is 63.4 Å². The van der Waals surface area contributed by atoms with Crippen LogP contribution in [0.2, 0.25) is 0 Å². The summed E-state index contributed by atoms with van der Waals surface area (Å²) in [5, 5.41) is 8.86. The highest BCUT2D eigenvalue weighted by molar-refractivity contribution is 7.90. The molecule has 0 aliphatic carbocycles. The number of hydrogen-bond acceptors (Lipinski definition) is 3. The maximum Gasteiger partial charge on any atom is 0.327 e. The van der Waals surface area contributed by atoms with Gasteiger partial charge in [0.05, 0.1) is 6.04 Å². The second kappa shape index (κ2) is 3.72. The van der Waals surface area contributed by atoms with E-state index in [0.29, 0.717) is 0 Å². The number of carboxylic acids is 1. The van der Waals surface area contributed by atoms with Crippen LogP contribution in [0.3, 0.4) is 0 Å². The molecule has 4 atom stereocenters. The molecule has 0 spiro atoms. The minimum Gasteiger partial charge on any atom is -0.597 e. The Morgan fingerprint density at radius 2 is 2.07 bits per heavy atom. The molecule has 0 aromatic heterocycles. The number of carbonyl (C=O) groups is 1. The van der Waals surface area contributed by atoms with Gasteiger partial charge in [-0.05, 0) is 27.2 Å². The quantitative estimate of drug-likeness (QED) is 0.568. The molecule has 1 fully saturated rings. The Kier molecular flexibility index (Phi) is 3.13. The average Bonchev–Trinajstić information content (AvgIpc) is 2.74. The third-order valence-electron chi connectivity index (χ3n) is 2.26. The highest BCUT2D eigenvalue weighted by Crippen LogP contribution is 2.39. The van der Waals surface area contributed by atoms with Gasteiger partial charge in [-0.1, -0.05) is 6.92 Å². The normalized spacial score (nSPS) is 33.9. The summed E-state index contributed by atoms with van der Waals surface area (Å²) in [6, 6.07) is -0.590.